The molecular weight excluding hydrogens is 186 g/mol. The average molecular weight is 200 g/mol. The van der Waals surface area contributed by atoms with E-state index >= 15 is 0 Å². The van der Waals surface area contributed by atoms with E-state index in [1.165, 1.54) is 16.7 Å². The maximum atomic E-state index is 7.42. The van der Waals surface area contributed by atoms with E-state index in [1.807, 2.05) is 6.20 Å². The van der Waals surface area contributed by atoms with Crippen molar-refractivity contribution in [2.45, 2.75) is 20.8 Å². The van der Waals surface area contributed by atoms with Crippen LogP contribution in [0.4, 0.5) is 5.69 Å². The van der Waals surface area contributed by atoms with Crippen molar-refractivity contribution < 1.29 is 4.70 Å². The molecule has 0 fully saturated rings. The molecule has 1 aromatic carbocycles. The molecule has 0 unspecified atom stereocenters. The zero-order chi connectivity index (χ0) is 11.0. The van der Waals surface area contributed by atoms with Crippen molar-refractivity contribution in [3.8, 4) is 0 Å². The van der Waals surface area contributed by atoms with E-state index in [9.17, 15) is 0 Å². The van der Waals surface area contributed by atoms with Gasteiger partial charge in [-0.2, -0.15) is 0 Å². The van der Waals surface area contributed by atoms with Crippen LogP contribution in [0.5, 0.6) is 0 Å². The Hall–Kier alpha value is -1.77. The molecule has 1 N–H and O–H groups in total. The predicted octanol–water partition coefficient (Wildman–Crippen LogP) is 3.21. The third-order valence-electron chi connectivity index (χ3n) is 2.45. The summed E-state index contributed by atoms with van der Waals surface area (Å²) in [4.78, 5) is 0. The van der Waals surface area contributed by atoms with Crippen LogP contribution in [0.2, 0.25) is 0 Å². The van der Waals surface area contributed by atoms with E-state index in [0.29, 0.717) is 5.84 Å². The van der Waals surface area contributed by atoms with Gasteiger partial charge in [-0.05, 0) is 37.6 Å². The number of benzene rings is 1. The number of hydrogen-bond donors (Lipinski definition) is 1. The number of azo groups is 2. The van der Waals surface area contributed by atoms with Gasteiger partial charge >= 0.3 is 0 Å². The number of hydrogen-bond acceptors (Lipinski definition) is 1. The second kappa shape index (κ2) is 3.42. The molecule has 1 aliphatic heterocycles. The van der Waals surface area contributed by atoms with Crippen molar-refractivity contribution >= 4 is 11.5 Å². The lowest BCUT2D eigenvalue weighted by atomic mass is 10.1. The summed E-state index contributed by atoms with van der Waals surface area (Å²) < 4.78 is 1.77. The van der Waals surface area contributed by atoms with E-state index in [1.54, 1.807) is 10.8 Å². The first-order chi connectivity index (χ1) is 7.08. The molecule has 15 heavy (non-hydrogen) atoms. The van der Waals surface area contributed by atoms with Crippen LogP contribution in [-0.2, 0) is 0 Å². The first-order valence-electron chi connectivity index (χ1n) is 4.93. The molecule has 0 saturated heterocycles. The van der Waals surface area contributed by atoms with Gasteiger partial charge in [-0.3, -0.25) is 5.41 Å². The van der Waals surface area contributed by atoms with Crippen molar-refractivity contribution in [2.75, 3.05) is 0 Å². The lowest BCUT2D eigenvalue weighted by molar-refractivity contribution is -0.429. The molecule has 0 aromatic heterocycles. The summed E-state index contributed by atoms with van der Waals surface area (Å²) in [5.74, 6) is 0.300. The summed E-state index contributed by atoms with van der Waals surface area (Å²) >= 11 is 0. The summed E-state index contributed by atoms with van der Waals surface area (Å²) in [6, 6.07) is 4.27. The summed E-state index contributed by atoms with van der Waals surface area (Å²) in [5.41, 5.74) is 4.72. The lowest BCUT2D eigenvalue weighted by Crippen LogP contribution is -1.97. The van der Waals surface area contributed by atoms with Crippen molar-refractivity contribution in [1.29, 1.82) is 5.41 Å². The predicted molar refractivity (Wildman–Crippen MR) is 59.9 cm³/mol. The molecule has 3 heteroatoms. The Kier molecular flexibility index (Phi) is 2.23. The first-order valence-corrected chi connectivity index (χ1v) is 4.93. The Bertz CT molecular complexity index is 473. The van der Waals surface area contributed by atoms with Gasteiger partial charge in [-0.15, -0.1) is 0 Å². The first kappa shape index (κ1) is 9.77. The molecule has 0 atom stereocenters. The highest BCUT2D eigenvalue weighted by molar-refractivity contribution is 5.90. The van der Waals surface area contributed by atoms with E-state index in [-0.39, 0.29) is 0 Å². The van der Waals surface area contributed by atoms with Crippen LogP contribution in [0, 0.1) is 26.2 Å². The SMILES string of the molecule is Cc1cc(C)c([N+]2=NC(=N)C=C2)c(C)c1. The second-order valence-corrected chi connectivity index (χ2v) is 3.89. The Morgan fingerprint density at radius 2 is 1.73 bits per heavy atom. The fraction of sp³-hybridized carbons (Fsp3) is 0.250. The van der Waals surface area contributed by atoms with E-state index in [2.05, 4.69) is 38.0 Å². The molecule has 76 valence electrons. The van der Waals surface area contributed by atoms with E-state index < -0.39 is 0 Å². The van der Waals surface area contributed by atoms with Gasteiger partial charge in [0.05, 0.1) is 6.08 Å². The summed E-state index contributed by atoms with van der Waals surface area (Å²) in [7, 11) is 0. The highest BCUT2D eigenvalue weighted by atomic mass is 15.3. The summed E-state index contributed by atoms with van der Waals surface area (Å²) in [6.07, 6.45) is 3.52. The highest BCUT2D eigenvalue weighted by Gasteiger charge is 2.20. The van der Waals surface area contributed by atoms with Crippen LogP contribution in [0.25, 0.3) is 0 Å². The number of aryl methyl sites for hydroxylation is 3. The largest absolute Gasteiger partial charge is 0.278 e. The number of nitrogens with zero attached hydrogens (tertiary/aromatic N) is 2. The Morgan fingerprint density at radius 1 is 1.13 bits per heavy atom. The fourth-order valence-electron chi connectivity index (χ4n) is 1.98. The van der Waals surface area contributed by atoms with Crippen molar-refractivity contribution in [3.63, 3.8) is 0 Å². The monoisotopic (exact) mass is 200 g/mol. The highest BCUT2D eigenvalue weighted by Crippen LogP contribution is 2.26. The minimum absolute atomic E-state index is 0.300. The molecule has 0 amide bonds. The topological polar surface area (TPSA) is 39.2 Å². The molecular formula is C12H14N3+. The molecule has 1 aliphatic rings. The molecule has 0 spiro atoms. The third-order valence-corrected chi connectivity index (χ3v) is 2.45. The maximum Gasteiger partial charge on any atom is 0.243 e. The third kappa shape index (κ3) is 1.73. The van der Waals surface area contributed by atoms with Crippen molar-refractivity contribution in [3.05, 3.63) is 41.1 Å². The second-order valence-electron chi connectivity index (χ2n) is 3.89. The van der Waals surface area contributed by atoms with Crippen LogP contribution in [0.3, 0.4) is 0 Å². The van der Waals surface area contributed by atoms with Crippen molar-refractivity contribution in [2.24, 2.45) is 5.11 Å². The van der Waals surface area contributed by atoms with Crippen LogP contribution in [-0.4, -0.2) is 10.5 Å². The summed E-state index contributed by atoms with van der Waals surface area (Å²) in [5, 5.41) is 11.5. The molecule has 0 radical (unpaired) electrons. The average Bonchev–Trinajstić information content (AvgIpc) is 2.49. The molecule has 3 nitrogen and oxygen atoms in total. The van der Waals surface area contributed by atoms with Gasteiger partial charge in [0.2, 0.25) is 17.7 Å². The molecule has 1 heterocycles. The Labute approximate surface area is 89.3 Å². The number of nitrogens with one attached hydrogen (secondary N) is 1. The number of amidine groups is 1. The Balaban J connectivity index is 2.59. The Morgan fingerprint density at radius 3 is 2.20 bits per heavy atom. The fourth-order valence-corrected chi connectivity index (χ4v) is 1.98. The van der Waals surface area contributed by atoms with Crippen LogP contribution in [0.1, 0.15) is 16.7 Å². The van der Waals surface area contributed by atoms with Gasteiger partial charge in [0.25, 0.3) is 0 Å². The van der Waals surface area contributed by atoms with Gasteiger partial charge in [0.1, 0.15) is 0 Å². The lowest BCUT2D eigenvalue weighted by Gasteiger charge is -2.03. The van der Waals surface area contributed by atoms with Crippen LogP contribution >= 0.6 is 0 Å². The maximum absolute atomic E-state index is 7.42. The van der Waals surface area contributed by atoms with E-state index in [0.717, 1.165) is 5.69 Å². The molecule has 2 rings (SSSR count). The van der Waals surface area contributed by atoms with Gasteiger partial charge in [-0.1, -0.05) is 5.56 Å². The van der Waals surface area contributed by atoms with Gasteiger partial charge in [-0.25, -0.2) is 0 Å². The zero-order valence-electron chi connectivity index (χ0n) is 9.20. The number of rotatable bonds is 1. The molecule has 0 saturated carbocycles. The molecule has 0 aliphatic carbocycles. The zero-order valence-corrected chi connectivity index (χ0v) is 9.20. The molecule has 1 aromatic rings. The van der Waals surface area contributed by atoms with Gasteiger partial charge in [0, 0.05) is 16.2 Å². The smallest absolute Gasteiger partial charge is 0.243 e. The quantitative estimate of drug-likeness (QED) is 0.676. The minimum atomic E-state index is 0.300. The van der Waals surface area contributed by atoms with Gasteiger partial charge < -0.3 is 0 Å². The van der Waals surface area contributed by atoms with E-state index in [4.69, 9.17) is 5.41 Å². The minimum Gasteiger partial charge on any atom is -0.278 e. The van der Waals surface area contributed by atoms with Gasteiger partial charge in [0.15, 0.2) is 0 Å². The van der Waals surface area contributed by atoms with Crippen LogP contribution < -0.4 is 0 Å². The molecule has 0 bridgehead atoms. The normalized spacial score (nSPS) is 14.6. The van der Waals surface area contributed by atoms with Crippen LogP contribution in [0.15, 0.2) is 29.5 Å². The standard InChI is InChI=1S/C12H14N3/c1-8-6-9(2)12(10(3)7-8)15-5-4-11(13)14-15/h4-7,13H,1-3H3/q+1. The van der Waals surface area contributed by atoms with Crippen molar-refractivity contribution in [1.82, 2.24) is 0 Å². The summed E-state index contributed by atoms with van der Waals surface area (Å²) in [6.45, 7) is 6.23.